The molecular weight excluding hydrogens is 292 g/mol. The molecule has 3 rings (SSSR count). The smallest absolute Gasteiger partial charge is 0.142 e. The molecule has 0 aliphatic rings. The van der Waals surface area contributed by atoms with Gasteiger partial charge in [0, 0.05) is 5.69 Å². The van der Waals surface area contributed by atoms with E-state index < -0.39 is 0 Å². The number of thiazole rings is 1. The fraction of sp³-hybridized carbons (Fsp3) is 0.200. The second kappa shape index (κ2) is 5.77. The molecule has 0 spiro atoms. The first-order valence-electron chi connectivity index (χ1n) is 6.26. The molecule has 2 aromatic heterocycles. The highest BCUT2D eigenvalue weighted by Gasteiger charge is 2.08. The van der Waals surface area contributed by atoms with Crippen molar-refractivity contribution in [1.82, 2.24) is 9.97 Å². The van der Waals surface area contributed by atoms with E-state index in [1.54, 1.807) is 11.3 Å². The molecule has 0 amide bonds. The predicted octanol–water partition coefficient (Wildman–Crippen LogP) is 4.32. The molecule has 102 valence electrons. The third-order valence-electron chi connectivity index (χ3n) is 2.89. The summed E-state index contributed by atoms with van der Waals surface area (Å²) in [4.78, 5) is 8.91. The summed E-state index contributed by atoms with van der Waals surface area (Å²) in [5.41, 5.74) is 2.72. The van der Waals surface area contributed by atoms with Crippen molar-refractivity contribution < 1.29 is 4.74 Å². The summed E-state index contributed by atoms with van der Waals surface area (Å²) in [6.45, 7) is 2.38. The van der Waals surface area contributed by atoms with Gasteiger partial charge in [-0.3, -0.25) is 4.98 Å². The minimum atomic E-state index is 0.344. The Morgan fingerprint density at radius 2 is 2.00 bits per heavy atom. The zero-order valence-corrected chi connectivity index (χ0v) is 12.5. The normalized spacial score (nSPS) is 10.9. The fourth-order valence-corrected chi connectivity index (χ4v) is 3.02. The third kappa shape index (κ3) is 2.76. The van der Waals surface area contributed by atoms with Crippen LogP contribution in [0.3, 0.4) is 0 Å². The van der Waals surface area contributed by atoms with Crippen LogP contribution < -0.4 is 4.74 Å². The van der Waals surface area contributed by atoms with Crippen molar-refractivity contribution in [3.8, 4) is 5.75 Å². The minimum absolute atomic E-state index is 0.344. The molecule has 0 bridgehead atoms. The Balaban J connectivity index is 1.79. The summed E-state index contributed by atoms with van der Waals surface area (Å²) >= 11 is 7.54. The first-order chi connectivity index (χ1) is 9.76. The third-order valence-corrected chi connectivity index (χ3v) is 4.15. The quantitative estimate of drug-likeness (QED) is 0.673. The Morgan fingerprint density at radius 1 is 1.15 bits per heavy atom. The van der Waals surface area contributed by atoms with E-state index in [0.29, 0.717) is 12.5 Å². The number of halogens is 1. The molecule has 0 fully saturated rings. The van der Waals surface area contributed by atoms with Gasteiger partial charge in [0.1, 0.15) is 17.4 Å². The number of fused-ring (bicyclic) bond motifs is 1. The lowest BCUT2D eigenvalue weighted by molar-refractivity contribution is 0.301. The molecular formula is C15H13ClN2OS. The first kappa shape index (κ1) is 13.3. The number of hydrogen-bond acceptors (Lipinski definition) is 4. The zero-order valence-electron chi connectivity index (χ0n) is 11.0. The molecule has 3 nitrogen and oxygen atoms in total. The SMILES string of the molecule is Cc1ccc(OCc2nc3ccccc3s2)c(CCl)n1. The molecule has 0 N–H and O–H groups in total. The van der Waals surface area contributed by atoms with Gasteiger partial charge in [0.15, 0.2) is 0 Å². The largest absolute Gasteiger partial charge is 0.484 e. The maximum atomic E-state index is 5.89. The molecule has 3 aromatic rings. The van der Waals surface area contributed by atoms with E-state index in [4.69, 9.17) is 16.3 Å². The second-order valence-electron chi connectivity index (χ2n) is 4.40. The molecule has 0 aliphatic carbocycles. The van der Waals surface area contributed by atoms with Crippen LogP contribution in [-0.2, 0) is 12.5 Å². The number of rotatable bonds is 4. The number of benzene rings is 1. The summed E-state index contributed by atoms with van der Waals surface area (Å²) in [7, 11) is 0. The zero-order chi connectivity index (χ0) is 13.9. The molecule has 5 heteroatoms. The van der Waals surface area contributed by atoms with Gasteiger partial charge in [0.25, 0.3) is 0 Å². The lowest BCUT2D eigenvalue weighted by Gasteiger charge is -2.08. The van der Waals surface area contributed by atoms with Gasteiger partial charge < -0.3 is 4.74 Å². The number of nitrogens with zero attached hydrogens (tertiary/aromatic N) is 2. The first-order valence-corrected chi connectivity index (χ1v) is 7.61. The lowest BCUT2D eigenvalue weighted by atomic mass is 10.3. The van der Waals surface area contributed by atoms with E-state index >= 15 is 0 Å². The number of aryl methyl sites for hydroxylation is 1. The van der Waals surface area contributed by atoms with E-state index in [-0.39, 0.29) is 0 Å². The van der Waals surface area contributed by atoms with E-state index in [0.717, 1.165) is 27.7 Å². The topological polar surface area (TPSA) is 35.0 Å². The molecule has 1 aromatic carbocycles. The number of pyridine rings is 1. The monoisotopic (exact) mass is 304 g/mol. The van der Waals surface area contributed by atoms with Crippen molar-refractivity contribution in [3.05, 3.63) is 52.8 Å². The fourth-order valence-electron chi connectivity index (χ4n) is 1.95. The Labute approximate surface area is 126 Å². The number of ether oxygens (including phenoxy) is 1. The maximum absolute atomic E-state index is 5.89. The van der Waals surface area contributed by atoms with Gasteiger partial charge in [-0.15, -0.1) is 22.9 Å². The molecule has 0 saturated carbocycles. The van der Waals surface area contributed by atoms with Crippen LogP contribution in [0, 0.1) is 6.92 Å². The van der Waals surface area contributed by atoms with Crippen LogP contribution in [0.15, 0.2) is 36.4 Å². The summed E-state index contributed by atoms with van der Waals surface area (Å²) in [5.74, 6) is 1.07. The second-order valence-corrected chi connectivity index (χ2v) is 5.78. The summed E-state index contributed by atoms with van der Waals surface area (Å²) < 4.78 is 6.97. The van der Waals surface area contributed by atoms with E-state index in [2.05, 4.69) is 16.0 Å². The van der Waals surface area contributed by atoms with Crippen LogP contribution >= 0.6 is 22.9 Å². The highest BCUT2D eigenvalue weighted by atomic mass is 35.5. The summed E-state index contributed by atoms with van der Waals surface area (Å²) in [6.07, 6.45) is 0. The number of aromatic nitrogens is 2. The van der Waals surface area contributed by atoms with Crippen LogP contribution in [0.5, 0.6) is 5.75 Å². The van der Waals surface area contributed by atoms with Gasteiger partial charge in [-0.25, -0.2) is 4.98 Å². The number of hydrogen-bond donors (Lipinski definition) is 0. The molecule has 2 heterocycles. The van der Waals surface area contributed by atoms with Crippen LogP contribution in [-0.4, -0.2) is 9.97 Å². The van der Waals surface area contributed by atoms with E-state index in [1.807, 2.05) is 37.3 Å². The molecule has 0 aliphatic heterocycles. The van der Waals surface area contributed by atoms with Gasteiger partial charge in [-0.2, -0.15) is 0 Å². The van der Waals surface area contributed by atoms with Crippen LogP contribution in [0.1, 0.15) is 16.4 Å². The number of para-hydroxylation sites is 1. The van der Waals surface area contributed by atoms with Crippen molar-refractivity contribution >= 4 is 33.2 Å². The van der Waals surface area contributed by atoms with Gasteiger partial charge in [-0.05, 0) is 31.2 Å². The van der Waals surface area contributed by atoms with Crippen molar-refractivity contribution in [3.63, 3.8) is 0 Å². The van der Waals surface area contributed by atoms with E-state index in [9.17, 15) is 0 Å². The van der Waals surface area contributed by atoms with Crippen LogP contribution in [0.25, 0.3) is 10.2 Å². The molecule has 0 atom stereocenters. The standard InChI is InChI=1S/C15H13ClN2OS/c1-10-6-7-13(12(8-16)17-10)19-9-15-18-11-4-2-3-5-14(11)20-15/h2-7H,8-9H2,1H3. The van der Waals surface area contributed by atoms with Crippen molar-refractivity contribution in [1.29, 1.82) is 0 Å². The van der Waals surface area contributed by atoms with Gasteiger partial charge in [-0.1, -0.05) is 12.1 Å². The average molecular weight is 305 g/mol. The molecule has 0 unspecified atom stereocenters. The maximum Gasteiger partial charge on any atom is 0.142 e. The molecule has 0 saturated heterocycles. The Morgan fingerprint density at radius 3 is 2.80 bits per heavy atom. The van der Waals surface area contributed by atoms with Crippen molar-refractivity contribution in [2.75, 3.05) is 0 Å². The van der Waals surface area contributed by atoms with Crippen LogP contribution in [0.4, 0.5) is 0 Å². The van der Waals surface area contributed by atoms with Crippen molar-refractivity contribution in [2.45, 2.75) is 19.4 Å². The minimum Gasteiger partial charge on any atom is -0.484 e. The highest BCUT2D eigenvalue weighted by molar-refractivity contribution is 7.18. The Hall–Kier alpha value is -1.65. The van der Waals surface area contributed by atoms with Gasteiger partial charge in [0.2, 0.25) is 0 Å². The van der Waals surface area contributed by atoms with Gasteiger partial charge >= 0.3 is 0 Å². The molecule has 20 heavy (non-hydrogen) atoms. The predicted molar refractivity (Wildman–Crippen MR) is 82.5 cm³/mol. The lowest BCUT2D eigenvalue weighted by Crippen LogP contribution is -2.00. The molecule has 0 radical (unpaired) electrons. The Bertz CT molecular complexity index is 709. The van der Waals surface area contributed by atoms with Crippen molar-refractivity contribution in [2.24, 2.45) is 0 Å². The van der Waals surface area contributed by atoms with Gasteiger partial charge in [0.05, 0.1) is 21.8 Å². The highest BCUT2D eigenvalue weighted by Crippen LogP contribution is 2.24. The Kier molecular flexibility index (Phi) is 3.85. The summed E-state index contributed by atoms with van der Waals surface area (Å²) in [6, 6.07) is 11.9. The van der Waals surface area contributed by atoms with Crippen LogP contribution in [0.2, 0.25) is 0 Å². The average Bonchev–Trinajstić information content (AvgIpc) is 2.88. The number of alkyl halides is 1. The van der Waals surface area contributed by atoms with E-state index in [1.165, 1.54) is 4.70 Å². The summed E-state index contributed by atoms with van der Waals surface area (Å²) in [5, 5.41) is 0.951.